The number of hydrogen-bond acceptors (Lipinski definition) is 3. The molecule has 0 atom stereocenters. The van der Waals surface area contributed by atoms with Crippen LogP contribution in [0.15, 0.2) is 29.9 Å². The summed E-state index contributed by atoms with van der Waals surface area (Å²) in [6.45, 7) is 0. The molecule has 2 aromatic heterocycles. The average molecular weight is 239 g/mol. The van der Waals surface area contributed by atoms with Crippen molar-refractivity contribution in [2.75, 3.05) is 5.88 Å². The molecule has 0 aliphatic rings. The molecule has 0 aliphatic carbocycles. The Labute approximate surface area is 98.0 Å². The third kappa shape index (κ3) is 2.76. The number of aryl methyl sites for hydroxylation is 1. The second-order valence-corrected chi connectivity index (χ2v) is 4.48. The van der Waals surface area contributed by atoms with Crippen LogP contribution in [-0.2, 0) is 6.42 Å². The molecule has 0 radical (unpaired) electrons. The SMILES string of the molecule is ClCCCc1nc(-c2ccncc2)cs1. The van der Waals surface area contributed by atoms with Crippen LogP contribution in [0.5, 0.6) is 0 Å². The zero-order valence-electron chi connectivity index (χ0n) is 8.19. The van der Waals surface area contributed by atoms with Crippen LogP contribution in [0, 0.1) is 0 Å². The highest BCUT2D eigenvalue weighted by atomic mass is 35.5. The van der Waals surface area contributed by atoms with E-state index in [1.54, 1.807) is 23.7 Å². The highest BCUT2D eigenvalue weighted by Gasteiger charge is 2.03. The van der Waals surface area contributed by atoms with Crippen LogP contribution in [0.4, 0.5) is 0 Å². The normalized spacial score (nSPS) is 10.5. The lowest BCUT2D eigenvalue weighted by molar-refractivity contribution is 0.916. The zero-order valence-corrected chi connectivity index (χ0v) is 9.76. The quantitative estimate of drug-likeness (QED) is 0.764. The first-order chi connectivity index (χ1) is 7.40. The second-order valence-electron chi connectivity index (χ2n) is 3.15. The highest BCUT2D eigenvalue weighted by molar-refractivity contribution is 7.09. The van der Waals surface area contributed by atoms with Gasteiger partial charge in [-0.2, -0.15) is 0 Å². The molecule has 0 aromatic carbocycles. The van der Waals surface area contributed by atoms with Crippen LogP contribution in [-0.4, -0.2) is 15.8 Å². The fourth-order valence-electron chi connectivity index (χ4n) is 1.30. The maximum absolute atomic E-state index is 5.64. The second kappa shape index (κ2) is 5.24. The van der Waals surface area contributed by atoms with Crippen molar-refractivity contribution in [3.63, 3.8) is 0 Å². The smallest absolute Gasteiger partial charge is 0.0933 e. The Kier molecular flexibility index (Phi) is 3.69. The van der Waals surface area contributed by atoms with E-state index < -0.39 is 0 Å². The molecular formula is C11H11ClN2S. The lowest BCUT2D eigenvalue weighted by atomic mass is 10.2. The van der Waals surface area contributed by atoms with Gasteiger partial charge in [0.05, 0.1) is 10.7 Å². The van der Waals surface area contributed by atoms with Crippen LogP contribution in [0.25, 0.3) is 11.3 Å². The monoisotopic (exact) mass is 238 g/mol. The number of hydrogen-bond donors (Lipinski definition) is 0. The highest BCUT2D eigenvalue weighted by Crippen LogP contribution is 2.21. The Balaban J connectivity index is 2.14. The minimum Gasteiger partial charge on any atom is -0.265 e. The Hall–Kier alpha value is -0.930. The minimum absolute atomic E-state index is 0.699. The molecule has 2 aromatic rings. The third-order valence-electron chi connectivity index (χ3n) is 2.05. The van der Waals surface area contributed by atoms with E-state index in [1.807, 2.05) is 12.1 Å². The van der Waals surface area contributed by atoms with Crippen molar-refractivity contribution in [2.24, 2.45) is 0 Å². The van der Waals surface area contributed by atoms with Gasteiger partial charge in [0.15, 0.2) is 0 Å². The largest absolute Gasteiger partial charge is 0.265 e. The maximum atomic E-state index is 5.64. The summed E-state index contributed by atoms with van der Waals surface area (Å²) in [4.78, 5) is 8.54. The first kappa shape index (κ1) is 10.6. The van der Waals surface area contributed by atoms with Gasteiger partial charge in [0.2, 0.25) is 0 Å². The predicted molar refractivity (Wildman–Crippen MR) is 64.4 cm³/mol. The predicted octanol–water partition coefficient (Wildman–Crippen LogP) is 3.38. The minimum atomic E-state index is 0.699. The average Bonchev–Trinajstić information content (AvgIpc) is 2.76. The van der Waals surface area contributed by atoms with Gasteiger partial charge < -0.3 is 0 Å². The number of pyridine rings is 1. The van der Waals surface area contributed by atoms with Crippen molar-refractivity contribution in [1.82, 2.24) is 9.97 Å². The summed E-state index contributed by atoms with van der Waals surface area (Å²) >= 11 is 7.34. The lowest BCUT2D eigenvalue weighted by Gasteiger charge is -1.94. The van der Waals surface area contributed by atoms with E-state index >= 15 is 0 Å². The van der Waals surface area contributed by atoms with Crippen molar-refractivity contribution < 1.29 is 0 Å². The summed E-state index contributed by atoms with van der Waals surface area (Å²) in [7, 11) is 0. The van der Waals surface area contributed by atoms with Gasteiger partial charge in [-0.3, -0.25) is 4.98 Å². The molecule has 0 saturated heterocycles. The van der Waals surface area contributed by atoms with Crippen molar-refractivity contribution >= 4 is 22.9 Å². The van der Waals surface area contributed by atoms with Gasteiger partial charge in [-0.1, -0.05) is 0 Å². The summed E-state index contributed by atoms with van der Waals surface area (Å²) in [6.07, 6.45) is 5.53. The van der Waals surface area contributed by atoms with E-state index in [0.717, 1.165) is 29.1 Å². The molecule has 0 aliphatic heterocycles. The molecule has 2 heterocycles. The Morgan fingerprint density at radius 2 is 2.07 bits per heavy atom. The molecule has 0 bridgehead atoms. The Bertz CT molecular complexity index is 414. The van der Waals surface area contributed by atoms with Gasteiger partial charge in [0.1, 0.15) is 0 Å². The fourth-order valence-corrected chi connectivity index (χ4v) is 2.28. The van der Waals surface area contributed by atoms with Gasteiger partial charge in [0, 0.05) is 35.6 Å². The first-order valence-electron chi connectivity index (χ1n) is 4.81. The van der Waals surface area contributed by atoms with E-state index in [4.69, 9.17) is 11.6 Å². The number of halogens is 1. The van der Waals surface area contributed by atoms with Gasteiger partial charge in [-0.15, -0.1) is 22.9 Å². The number of rotatable bonds is 4. The summed E-state index contributed by atoms with van der Waals surface area (Å²) in [5.74, 6) is 0.699. The van der Waals surface area contributed by atoms with Crippen molar-refractivity contribution in [1.29, 1.82) is 0 Å². The third-order valence-corrected chi connectivity index (χ3v) is 3.23. The maximum Gasteiger partial charge on any atom is 0.0933 e. The molecular weight excluding hydrogens is 228 g/mol. The molecule has 4 heteroatoms. The van der Waals surface area contributed by atoms with E-state index in [-0.39, 0.29) is 0 Å². The van der Waals surface area contributed by atoms with Crippen molar-refractivity contribution in [3.05, 3.63) is 34.9 Å². The zero-order chi connectivity index (χ0) is 10.5. The van der Waals surface area contributed by atoms with E-state index in [2.05, 4.69) is 15.3 Å². The molecule has 15 heavy (non-hydrogen) atoms. The van der Waals surface area contributed by atoms with E-state index in [1.165, 1.54) is 0 Å². The van der Waals surface area contributed by atoms with Gasteiger partial charge in [-0.25, -0.2) is 4.98 Å². The molecule has 0 saturated carbocycles. The summed E-state index contributed by atoms with van der Waals surface area (Å²) in [5.41, 5.74) is 2.16. The van der Waals surface area contributed by atoms with Crippen LogP contribution < -0.4 is 0 Å². The summed E-state index contributed by atoms with van der Waals surface area (Å²) < 4.78 is 0. The Morgan fingerprint density at radius 1 is 1.27 bits per heavy atom. The standard InChI is InChI=1S/C11H11ClN2S/c12-5-1-2-11-14-10(8-15-11)9-3-6-13-7-4-9/h3-4,6-8H,1-2,5H2. The van der Waals surface area contributed by atoms with Gasteiger partial charge in [-0.05, 0) is 18.6 Å². The molecule has 0 N–H and O–H groups in total. The lowest BCUT2D eigenvalue weighted by Crippen LogP contribution is -1.85. The number of nitrogens with zero attached hydrogens (tertiary/aromatic N) is 2. The molecule has 0 spiro atoms. The van der Waals surface area contributed by atoms with Crippen molar-refractivity contribution in [3.8, 4) is 11.3 Å². The summed E-state index contributed by atoms with van der Waals surface area (Å²) in [5, 5.41) is 3.24. The molecule has 2 nitrogen and oxygen atoms in total. The van der Waals surface area contributed by atoms with E-state index in [0.29, 0.717) is 5.88 Å². The van der Waals surface area contributed by atoms with Crippen LogP contribution >= 0.6 is 22.9 Å². The van der Waals surface area contributed by atoms with Crippen molar-refractivity contribution in [2.45, 2.75) is 12.8 Å². The van der Waals surface area contributed by atoms with Gasteiger partial charge >= 0.3 is 0 Å². The molecule has 0 amide bonds. The summed E-state index contributed by atoms with van der Waals surface area (Å²) in [6, 6.07) is 3.95. The molecule has 2 rings (SSSR count). The van der Waals surface area contributed by atoms with Crippen LogP contribution in [0.2, 0.25) is 0 Å². The molecule has 0 unspecified atom stereocenters. The Morgan fingerprint density at radius 3 is 2.80 bits per heavy atom. The van der Waals surface area contributed by atoms with Crippen LogP contribution in [0.1, 0.15) is 11.4 Å². The van der Waals surface area contributed by atoms with Crippen LogP contribution in [0.3, 0.4) is 0 Å². The molecule has 0 fully saturated rings. The van der Waals surface area contributed by atoms with E-state index in [9.17, 15) is 0 Å². The topological polar surface area (TPSA) is 25.8 Å². The first-order valence-corrected chi connectivity index (χ1v) is 6.22. The number of alkyl halides is 1. The fraction of sp³-hybridized carbons (Fsp3) is 0.273. The van der Waals surface area contributed by atoms with Gasteiger partial charge in [0.25, 0.3) is 0 Å². The molecule has 78 valence electrons. The number of thiazole rings is 1. The number of aromatic nitrogens is 2.